The standard InChI is InChI=1S/C25H15Cl2F3N4O/c26-19-9-3-16(4-10-19)21-22(17-5-11-20(27)12-6-17)24(35)33(34-14-31-32-23(21)34)13-15-1-7-18(8-2-15)25(28,29)30/h1-12,14H,13H2. The van der Waals surface area contributed by atoms with Crippen molar-refractivity contribution in [3.05, 3.63) is 111 Å². The van der Waals surface area contributed by atoms with Crippen molar-refractivity contribution >= 4 is 28.8 Å². The molecule has 176 valence electrons. The molecule has 2 heterocycles. The van der Waals surface area contributed by atoms with Crippen LogP contribution in [0.3, 0.4) is 0 Å². The molecule has 3 aromatic carbocycles. The number of hydrogen-bond donors (Lipinski definition) is 0. The van der Waals surface area contributed by atoms with Crippen molar-refractivity contribution in [2.45, 2.75) is 12.7 Å². The Morgan fingerprint density at radius 1 is 0.771 bits per heavy atom. The van der Waals surface area contributed by atoms with Crippen LogP contribution in [0.2, 0.25) is 10.0 Å². The van der Waals surface area contributed by atoms with Gasteiger partial charge in [-0.15, -0.1) is 10.2 Å². The number of halogens is 5. The van der Waals surface area contributed by atoms with Gasteiger partial charge in [0.15, 0.2) is 5.65 Å². The van der Waals surface area contributed by atoms with Gasteiger partial charge in [-0.3, -0.25) is 4.79 Å². The molecule has 0 saturated carbocycles. The van der Waals surface area contributed by atoms with Crippen LogP contribution in [0.15, 0.2) is 83.9 Å². The number of benzene rings is 3. The van der Waals surface area contributed by atoms with E-state index in [9.17, 15) is 18.0 Å². The summed E-state index contributed by atoms with van der Waals surface area (Å²) < 4.78 is 41.8. The molecule has 0 aliphatic rings. The lowest BCUT2D eigenvalue weighted by atomic mass is 9.96. The third-order valence-electron chi connectivity index (χ3n) is 5.59. The number of aromatic nitrogens is 4. The van der Waals surface area contributed by atoms with Crippen molar-refractivity contribution in [3.63, 3.8) is 0 Å². The molecule has 0 aliphatic heterocycles. The van der Waals surface area contributed by atoms with Crippen LogP contribution in [0.4, 0.5) is 13.2 Å². The minimum Gasteiger partial charge on any atom is -0.267 e. The van der Waals surface area contributed by atoms with Gasteiger partial charge in [-0.1, -0.05) is 59.6 Å². The van der Waals surface area contributed by atoms with Crippen LogP contribution in [0.1, 0.15) is 11.1 Å². The summed E-state index contributed by atoms with van der Waals surface area (Å²) in [6.07, 6.45) is -3.05. The number of hydrogen-bond acceptors (Lipinski definition) is 3. The fourth-order valence-electron chi connectivity index (χ4n) is 3.91. The Labute approximate surface area is 207 Å². The molecule has 0 atom stereocenters. The van der Waals surface area contributed by atoms with Gasteiger partial charge in [0, 0.05) is 15.6 Å². The molecule has 35 heavy (non-hydrogen) atoms. The van der Waals surface area contributed by atoms with Crippen molar-refractivity contribution in [2.75, 3.05) is 0 Å². The Hall–Kier alpha value is -3.62. The van der Waals surface area contributed by atoms with Crippen molar-refractivity contribution < 1.29 is 13.2 Å². The van der Waals surface area contributed by atoms with Gasteiger partial charge in [0.1, 0.15) is 6.33 Å². The number of fused-ring (bicyclic) bond motifs is 1. The highest BCUT2D eigenvalue weighted by molar-refractivity contribution is 6.31. The van der Waals surface area contributed by atoms with E-state index in [2.05, 4.69) is 10.2 Å². The lowest BCUT2D eigenvalue weighted by Crippen LogP contribution is -2.29. The molecule has 0 radical (unpaired) electrons. The van der Waals surface area contributed by atoms with E-state index in [1.54, 1.807) is 48.5 Å². The molecule has 0 N–H and O–H groups in total. The van der Waals surface area contributed by atoms with E-state index in [1.165, 1.54) is 27.7 Å². The predicted molar refractivity (Wildman–Crippen MR) is 129 cm³/mol. The Kier molecular flexibility index (Phi) is 5.86. The highest BCUT2D eigenvalue weighted by Gasteiger charge is 2.30. The normalized spacial score (nSPS) is 11.8. The van der Waals surface area contributed by atoms with Crippen LogP contribution in [0.5, 0.6) is 0 Å². The minimum absolute atomic E-state index is 0.00694. The van der Waals surface area contributed by atoms with Crippen molar-refractivity contribution in [1.29, 1.82) is 0 Å². The first-order valence-corrected chi connectivity index (χ1v) is 11.1. The molecule has 0 spiro atoms. The molecular weight excluding hydrogens is 500 g/mol. The molecule has 2 aromatic heterocycles. The maximum Gasteiger partial charge on any atom is 0.416 e. The third kappa shape index (κ3) is 4.42. The van der Waals surface area contributed by atoms with Gasteiger partial charge in [-0.05, 0) is 53.1 Å². The van der Waals surface area contributed by atoms with Gasteiger partial charge in [-0.2, -0.15) is 13.2 Å². The molecule has 0 saturated heterocycles. The highest BCUT2D eigenvalue weighted by atomic mass is 35.5. The maximum atomic E-state index is 13.9. The zero-order valence-corrected chi connectivity index (χ0v) is 19.3. The zero-order chi connectivity index (χ0) is 24.7. The summed E-state index contributed by atoms with van der Waals surface area (Å²) in [5.41, 5.74) is 2.01. The van der Waals surface area contributed by atoms with Crippen molar-refractivity contribution in [3.8, 4) is 22.3 Å². The van der Waals surface area contributed by atoms with Gasteiger partial charge in [0.25, 0.3) is 5.56 Å². The van der Waals surface area contributed by atoms with E-state index in [1.807, 2.05) is 0 Å². The van der Waals surface area contributed by atoms with Crippen LogP contribution in [-0.2, 0) is 12.7 Å². The fourth-order valence-corrected chi connectivity index (χ4v) is 4.16. The Morgan fingerprint density at radius 3 is 1.86 bits per heavy atom. The van der Waals surface area contributed by atoms with Crippen LogP contribution < -0.4 is 5.56 Å². The summed E-state index contributed by atoms with van der Waals surface area (Å²) in [5.74, 6) is 0. The SMILES string of the molecule is O=c1c(-c2ccc(Cl)cc2)c(-c2ccc(Cl)cc2)c2nncn2n1Cc1ccc(C(F)(F)F)cc1. The Bertz CT molecular complexity index is 1570. The maximum absolute atomic E-state index is 13.9. The van der Waals surface area contributed by atoms with Gasteiger partial charge in [-0.25, -0.2) is 9.20 Å². The monoisotopic (exact) mass is 514 g/mol. The van der Waals surface area contributed by atoms with E-state index < -0.39 is 11.7 Å². The second kappa shape index (κ2) is 8.87. The van der Waals surface area contributed by atoms with Crippen LogP contribution in [0.25, 0.3) is 27.9 Å². The predicted octanol–water partition coefficient (Wildman–Crippen LogP) is 6.60. The van der Waals surface area contributed by atoms with Gasteiger partial charge >= 0.3 is 6.18 Å². The van der Waals surface area contributed by atoms with Gasteiger partial charge in [0.05, 0.1) is 17.7 Å². The van der Waals surface area contributed by atoms with Crippen molar-refractivity contribution in [1.82, 2.24) is 19.4 Å². The summed E-state index contributed by atoms with van der Waals surface area (Å²) in [5, 5.41) is 9.30. The average molecular weight is 515 g/mol. The molecule has 5 aromatic rings. The van der Waals surface area contributed by atoms with E-state index in [0.717, 1.165) is 12.1 Å². The van der Waals surface area contributed by atoms with E-state index in [4.69, 9.17) is 23.2 Å². The summed E-state index contributed by atoms with van der Waals surface area (Å²) >= 11 is 12.1. The first-order chi connectivity index (χ1) is 16.7. The number of alkyl halides is 3. The fraction of sp³-hybridized carbons (Fsp3) is 0.0800. The Morgan fingerprint density at radius 2 is 1.31 bits per heavy atom. The zero-order valence-electron chi connectivity index (χ0n) is 17.8. The molecule has 10 heteroatoms. The van der Waals surface area contributed by atoms with Crippen molar-refractivity contribution in [2.24, 2.45) is 0 Å². The summed E-state index contributed by atoms with van der Waals surface area (Å²) in [4.78, 5) is 13.9. The smallest absolute Gasteiger partial charge is 0.267 e. The van der Waals surface area contributed by atoms with E-state index in [-0.39, 0.29) is 12.1 Å². The average Bonchev–Trinajstić information content (AvgIpc) is 3.31. The third-order valence-corrected chi connectivity index (χ3v) is 6.10. The molecule has 5 rings (SSSR count). The largest absolute Gasteiger partial charge is 0.416 e. The van der Waals surface area contributed by atoms with E-state index in [0.29, 0.717) is 43.5 Å². The second-order valence-corrected chi connectivity index (χ2v) is 8.69. The number of rotatable bonds is 4. The first-order valence-electron chi connectivity index (χ1n) is 10.4. The lowest BCUT2D eigenvalue weighted by molar-refractivity contribution is -0.137. The van der Waals surface area contributed by atoms with E-state index >= 15 is 0 Å². The van der Waals surface area contributed by atoms with Crippen LogP contribution in [0, 0.1) is 0 Å². The molecule has 0 amide bonds. The van der Waals surface area contributed by atoms with Crippen LogP contribution in [-0.4, -0.2) is 19.4 Å². The number of nitrogens with zero attached hydrogens (tertiary/aromatic N) is 4. The molecule has 5 nitrogen and oxygen atoms in total. The summed E-state index contributed by atoms with van der Waals surface area (Å²) in [6.45, 7) is 0.00694. The molecular formula is C25H15Cl2F3N4O. The lowest BCUT2D eigenvalue weighted by Gasteiger charge is -2.17. The molecule has 0 fully saturated rings. The topological polar surface area (TPSA) is 52.2 Å². The molecule has 0 unspecified atom stereocenters. The second-order valence-electron chi connectivity index (χ2n) is 7.82. The Balaban J connectivity index is 1.74. The molecule has 0 aliphatic carbocycles. The minimum atomic E-state index is -4.45. The molecule has 0 bridgehead atoms. The highest BCUT2D eigenvalue weighted by Crippen LogP contribution is 2.34. The van der Waals surface area contributed by atoms with Gasteiger partial charge < -0.3 is 0 Å². The summed E-state index contributed by atoms with van der Waals surface area (Å²) in [6, 6.07) is 18.5. The quantitative estimate of drug-likeness (QED) is 0.271. The van der Waals surface area contributed by atoms with Crippen LogP contribution >= 0.6 is 23.2 Å². The van der Waals surface area contributed by atoms with Gasteiger partial charge in [0.2, 0.25) is 0 Å². The summed E-state index contributed by atoms with van der Waals surface area (Å²) in [7, 11) is 0. The first kappa shape index (κ1) is 23.1.